The molecule has 7 heteroatoms. The summed E-state index contributed by atoms with van der Waals surface area (Å²) in [6, 6.07) is 0. The molecule has 0 aliphatic heterocycles. The molecule has 0 aromatic rings. The molecule has 0 saturated carbocycles. The Labute approximate surface area is 157 Å². The molecule has 0 spiro atoms. The molecule has 0 fully saturated rings. The van der Waals surface area contributed by atoms with Gasteiger partial charge in [0, 0.05) is 11.5 Å². The summed E-state index contributed by atoms with van der Waals surface area (Å²) >= 11 is 0. The van der Waals surface area contributed by atoms with Crippen LogP contribution in [0.15, 0.2) is 5.11 Å². The van der Waals surface area contributed by atoms with Crippen molar-refractivity contribution in [2.75, 3.05) is 6.54 Å². The minimum atomic E-state index is -1.95. The number of hydrogen-bond acceptors (Lipinski definition) is 3. The molecule has 0 radical (unpaired) electrons. The Morgan fingerprint density at radius 1 is 0.880 bits per heavy atom. The van der Waals surface area contributed by atoms with Crippen LogP contribution in [0.1, 0.15) is 55.4 Å². The van der Waals surface area contributed by atoms with Gasteiger partial charge in [0.25, 0.3) is 0 Å². The third-order valence-electron chi connectivity index (χ3n) is 5.98. The van der Waals surface area contributed by atoms with E-state index in [-0.39, 0.29) is 28.2 Å². The van der Waals surface area contributed by atoms with Gasteiger partial charge in [-0.05, 0) is 54.6 Å². The van der Waals surface area contributed by atoms with Gasteiger partial charge in [0.15, 0.2) is 16.6 Å². The first-order valence-corrected chi connectivity index (χ1v) is 15.1. The predicted molar refractivity (Wildman–Crippen MR) is 113 cm³/mol. The zero-order valence-electron chi connectivity index (χ0n) is 18.6. The van der Waals surface area contributed by atoms with E-state index in [4.69, 9.17) is 14.4 Å². The topological polar surface area (TPSA) is 67.2 Å². The van der Waals surface area contributed by atoms with Gasteiger partial charge in [0.05, 0.1) is 12.2 Å². The molecule has 0 bridgehead atoms. The van der Waals surface area contributed by atoms with Crippen molar-refractivity contribution in [2.45, 2.75) is 104 Å². The second kappa shape index (κ2) is 8.57. The zero-order chi connectivity index (χ0) is 20.3. The van der Waals surface area contributed by atoms with E-state index in [2.05, 4.69) is 91.6 Å². The monoisotopic (exact) mass is 387 g/mol. The van der Waals surface area contributed by atoms with Crippen molar-refractivity contribution in [1.82, 2.24) is 0 Å². The van der Waals surface area contributed by atoms with Crippen molar-refractivity contribution in [3.8, 4) is 0 Å². The van der Waals surface area contributed by atoms with Gasteiger partial charge >= 0.3 is 0 Å². The molecule has 5 nitrogen and oxygen atoms in total. The molecule has 0 amide bonds. The fraction of sp³-hybridized carbons (Fsp3) is 1.00. The molecule has 0 aromatic heterocycles. The van der Waals surface area contributed by atoms with Crippen LogP contribution in [0.5, 0.6) is 0 Å². The first-order chi connectivity index (χ1) is 11.0. The van der Waals surface area contributed by atoms with Gasteiger partial charge in [0.2, 0.25) is 0 Å². The van der Waals surface area contributed by atoms with Gasteiger partial charge in [-0.2, -0.15) is 0 Å². The first-order valence-electron chi connectivity index (χ1n) is 9.33. The Morgan fingerprint density at radius 3 is 1.64 bits per heavy atom. The van der Waals surface area contributed by atoms with Gasteiger partial charge in [-0.25, -0.2) is 0 Å². The van der Waals surface area contributed by atoms with Crippen molar-refractivity contribution in [1.29, 1.82) is 0 Å². The van der Waals surface area contributed by atoms with Crippen LogP contribution in [0.3, 0.4) is 0 Å². The van der Waals surface area contributed by atoms with Crippen molar-refractivity contribution >= 4 is 16.6 Å². The maximum absolute atomic E-state index is 8.69. The first kappa shape index (κ1) is 24.7. The van der Waals surface area contributed by atoms with Crippen LogP contribution in [-0.2, 0) is 8.85 Å². The van der Waals surface area contributed by atoms with E-state index in [0.717, 1.165) is 0 Å². The van der Waals surface area contributed by atoms with E-state index in [1.54, 1.807) is 0 Å². The summed E-state index contributed by atoms with van der Waals surface area (Å²) in [5.41, 5.74) is 8.69. The molecule has 0 unspecified atom stereocenters. The molecule has 148 valence electrons. The van der Waals surface area contributed by atoms with E-state index in [1.807, 2.05) is 0 Å². The minimum absolute atomic E-state index is 0.0288. The lowest BCUT2D eigenvalue weighted by molar-refractivity contribution is 0.0156. The third kappa shape index (κ3) is 7.06. The van der Waals surface area contributed by atoms with Crippen LogP contribution in [0.4, 0.5) is 0 Å². The Kier molecular flexibility index (Phi) is 8.45. The average Bonchev–Trinajstić information content (AvgIpc) is 2.38. The van der Waals surface area contributed by atoms with Gasteiger partial charge < -0.3 is 8.85 Å². The minimum Gasteiger partial charge on any atom is -0.412 e. The molecule has 3 atom stereocenters. The lowest BCUT2D eigenvalue weighted by Crippen LogP contribution is -2.53. The molecule has 25 heavy (non-hydrogen) atoms. The van der Waals surface area contributed by atoms with Crippen LogP contribution in [-0.4, -0.2) is 35.4 Å². The van der Waals surface area contributed by atoms with E-state index in [9.17, 15) is 0 Å². The summed E-state index contributed by atoms with van der Waals surface area (Å²) in [6.45, 7) is 27.2. The second-order valence-corrected chi connectivity index (χ2v) is 19.8. The van der Waals surface area contributed by atoms with Gasteiger partial charge in [-0.1, -0.05) is 53.6 Å². The van der Waals surface area contributed by atoms with Crippen molar-refractivity contribution in [2.24, 2.45) is 11.0 Å². The molecule has 0 aliphatic rings. The summed E-state index contributed by atoms with van der Waals surface area (Å²) in [7, 11) is -3.85. The molecule has 0 N–H and O–H groups in total. The lowest BCUT2D eigenvalue weighted by atomic mass is 10.0. The summed E-state index contributed by atoms with van der Waals surface area (Å²) in [5.74, 6) is 0.116. The summed E-state index contributed by atoms with van der Waals surface area (Å²) in [6.07, 6.45) is -0.0978. The number of rotatable bonds is 8. The molecule has 0 heterocycles. The maximum Gasteiger partial charge on any atom is 0.192 e. The van der Waals surface area contributed by atoms with Gasteiger partial charge in [0.1, 0.15) is 0 Å². The van der Waals surface area contributed by atoms with E-state index in [1.165, 1.54) is 0 Å². The Hall–Kier alpha value is -0.336. The Bertz CT molecular complexity index is 476. The largest absolute Gasteiger partial charge is 0.412 e. The predicted octanol–water partition coefficient (Wildman–Crippen LogP) is 6.73. The smallest absolute Gasteiger partial charge is 0.192 e. The highest BCUT2D eigenvalue weighted by molar-refractivity contribution is 6.74. The van der Waals surface area contributed by atoms with Crippen molar-refractivity contribution < 1.29 is 8.85 Å². The van der Waals surface area contributed by atoms with Crippen molar-refractivity contribution in [3.63, 3.8) is 0 Å². The highest BCUT2D eigenvalue weighted by Crippen LogP contribution is 2.41. The molecule has 0 rings (SSSR count). The molecule has 0 saturated heterocycles. The van der Waals surface area contributed by atoms with Crippen LogP contribution < -0.4 is 0 Å². The summed E-state index contributed by atoms with van der Waals surface area (Å²) in [5, 5.41) is 4.06. The SMILES string of the molecule is C[C@@H](CN=[N+]=[N-])[C@@H](O[Si](C)(C)C(C)(C)C)[C@@H](C)O[Si](C)(C)C(C)(C)C. The summed E-state index contributed by atoms with van der Waals surface area (Å²) < 4.78 is 13.4. The van der Waals surface area contributed by atoms with Crippen LogP contribution in [0, 0.1) is 5.92 Å². The zero-order valence-corrected chi connectivity index (χ0v) is 20.6. The van der Waals surface area contributed by atoms with Gasteiger partial charge in [-0.15, -0.1) is 0 Å². The van der Waals surface area contributed by atoms with E-state index in [0.29, 0.717) is 6.54 Å². The second-order valence-electron chi connectivity index (χ2n) is 10.3. The van der Waals surface area contributed by atoms with Crippen molar-refractivity contribution in [3.05, 3.63) is 10.4 Å². The van der Waals surface area contributed by atoms with Crippen LogP contribution >= 0.6 is 0 Å². The Balaban J connectivity index is 5.56. The molecule has 0 aromatic carbocycles. The quantitative estimate of drug-likeness (QED) is 0.200. The van der Waals surface area contributed by atoms with E-state index < -0.39 is 16.6 Å². The summed E-state index contributed by atoms with van der Waals surface area (Å²) in [4.78, 5) is 2.93. The fourth-order valence-corrected chi connectivity index (χ4v) is 5.04. The highest BCUT2D eigenvalue weighted by Gasteiger charge is 2.44. The highest BCUT2D eigenvalue weighted by atomic mass is 28.4. The number of hydrogen-bond donors (Lipinski definition) is 0. The molecular weight excluding hydrogens is 346 g/mol. The number of azide groups is 1. The average molecular weight is 388 g/mol. The fourth-order valence-electron chi connectivity index (χ4n) is 2.17. The van der Waals surface area contributed by atoms with E-state index >= 15 is 0 Å². The van der Waals surface area contributed by atoms with Crippen LogP contribution in [0.25, 0.3) is 10.4 Å². The number of nitrogens with zero attached hydrogens (tertiary/aromatic N) is 3. The molecule has 0 aliphatic carbocycles. The normalized spacial score (nSPS) is 17.6. The third-order valence-corrected chi connectivity index (χ3v) is 15.0. The van der Waals surface area contributed by atoms with Crippen LogP contribution in [0.2, 0.25) is 36.3 Å². The maximum atomic E-state index is 8.69. The lowest BCUT2D eigenvalue weighted by Gasteiger charge is -2.45. The standard InChI is InChI=1S/C18H41N3O2Si2/c1-14(13-20-21-19)16(23-25(11,12)18(6,7)8)15(2)22-24(9,10)17(3,4)5/h14-16H,13H2,1-12H3/t14-,15+,16+/m0/s1. The Morgan fingerprint density at radius 2 is 1.28 bits per heavy atom. The molecular formula is C18H41N3O2Si2. The van der Waals surface area contributed by atoms with Gasteiger partial charge in [-0.3, -0.25) is 0 Å².